The van der Waals surface area contributed by atoms with Gasteiger partial charge in [0.1, 0.15) is 0 Å². The third kappa shape index (κ3) is 3.89. The molecule has 1 N–H and O–H groups in total. The van der Waals surface area contributed by atoms with Gasteiger partial charge in [0.15, 0.2) is 0 Å². The zero-order valence-corrected chi connectivity index (χ0v) is 11.0. The first-order valence-electron chi connectivity index (χ1n) is 5.57. The molecule has 0 aromatic heterocycles. The smallest absolute Gasteiger partial charge is 0.275 e. The summed E-state index contributed by atoms with van der Waals surface area (Å²) < 4.78 is 0. The van der Waals surface area contributed by atoms with Crippen molar-refractivity contribution in [3.05, 3.63) is 34.9 Å². The van der Waals surface area contributed by atoms with Gasteiger partial charge in [-0.15, -0.1) is 0 Å². The lowest BCUT2D eigenvalue weighted by Gasteiger charge is -2.11. The highest BCUT2D eigenvalue weighted by molar-refractivity contribution is 7.96. The van der Waals surface area contributed by atoms with Gasteiger partial charge in [-0.25, -0.2) is 0 Å². The summed E-state index contributed by atoms with van der Waals surface area (Å²) >= 11 is 3.67. The molecule has 0 aliphatic heterocycles. The van der Waals surface area contributed by atoms with E-state index >= 15 is 0 Å². The predicted molar refractivity (Wildman–Crippen MR) is 71.4 cm³/mol. The minimum Gasteiger partial charge on any atom is -0.347 e. The first-order valence-corrected chi connectivity index (χ1v) is 6.01. The van der Waals surface area contributed by atoms with Crippen molar-refractivity contribution >= 4 is 17.9 Å². The summed E-state index contributed by atoms with van der Waals surface area (Å²) in [4.78, 5) is 10.6. The van der Waals surface area contributed by atoms with Gasteiger partial charge in [0.25, 0.3) is 5.24 Å². The molecule has 1 rings (SSSR count). The quantitative estimate of drug-likeness (QED) is 0.773. The Morgan fingerprint density at radius 3 is 2.69 bits per heavy atom. The first kappa shape index (κ1) is 13.1. The summed E-state index contributed by atoms with van der Waals surface area (Å²) in [6.45, 7) is 7.11. The number of hydrogen-bond donors (Lipinski definition) is 2. The number of hydrogen-bond acceptors (Lipinski definition) is 1. The number of thiol groups is 1. The molecule has 0 aliphatic rings. The topological polar surface area (TPSA) is 29.1 Å². The van der Waals surface area contributed by atoms with Crippen LogP contribution in [0.3, 0.4) is 0 Å². The number of rotatable bonds is 4. The maximum Gasteiger partial charge on any atom is 0.275 e. The number of benzene rings is 1. The molecule has 0 heterocycles. The Labute approximate surface area is 103 Å². The summed E-state index contributed by atoms with van der Waals surface area (Å²) in [5, 5.41) is 2.43. The molecule has 0 atom stereocenters. The van der Waals surface area contributed by atoms with Crippen molar-refractivity contribution in [3.63, 3.8) is 0 Å². The van der Waals surface area contributed by atoms with Gasteiger partial charge in [0, 0.05) is 6.54 Å². The second-order valence-electron chi connectivity index (χ2n) is 4.32. The third-order valence-electron chi connectivity index (χ3n) is 2.71. The van der Waals surface area contributed by atoms with Gasteiger partial charge >= 0.3 is 0 Å². The lowest BCUT2D eigenvalue weighted by Crippen LogP contribution is -2.19. The number of aryl methyl sites for hydroxylation is 1. The fraction of sp³-hybridized carbons (Fsp3) is 0.462. The molecule has 0 radical (unpaired) electrons. The van der Waals surface area contributed by atoms with Crippen LogP contribution >= 0.6 is 12.6 Å². The Hall–Kier alpha value is -0.960. The van der Waals surface area contributed by atoms with Crippen LogP contribution < -0.4 is 5.32 Å². The van der Waals surface area contributed by atoms with Crippen LogP contribution in [0.15, 0.2) is 18.2 Å². The zero-order valence-electron chi connectivity index (χ0n) is 10.1. The fourth-order valence-electron chi connectivity index (χ4n) is 1.62. The third-order valence-corrected chi connectivity index (χ3v) is 2.87. The lowest BCUT2D eigenvalue weighted by molar-refractivity contribution is 0.261. The van der Waals surface area contributed by atoms with E-state index < -0.39 is 0 Å². The van der Waals surface area contributed by atoms with E-state index in [1.165, 1.54) is 16.7 Å². The van der Waals surface area contributed by atoms with Crippen molar-refractivity contribution in [1.82, 2.24) is 5.32 Å². The number of amides is 1. The van der Waals surface area contributed by atoms with Gasteiger partial charge in [-0.1, -0.05) is 44.7 Å². The average molecular weight is 237 g/mol. The van der Waals surface area contributed by atoms with Gasteiger partial charge in [-0.05, 0) is 36.0 Å². The maximum absolute atomic E-state index is 10.6. The van der Waals surface area contributed by atoms with Crippen LogP contribution in [0, 0.1) is 6.92 Å². The molecule has 1 aromatic rings. The minimum atomic E-state index is -0.266. The van der Waals surface area contributed by atoms with Gasteiger partial charge in [-0.2, -0.15) is 0 Å². The van der Waals surface area contributed by atoms with Crippen molar-refractivity contribution in [3.8, 4) is 0 Å². The largest absolute Gasteiger partial charge is 0.347 e. The molecule has 0 unspecified atom stereocenters. The Kier molecular flexibility index (Phi) is 4.87. The first-order chi connectivity index (χ1) is 7.50. The van der Waals surface area contributed by atoms with E-state index in [9.17, 15) is 4.79 Å². The standard InChI is InChI=1S/C13H19NOS/c1-9(2)11-5-4-10(3)12(8-11)6-7-14-13(15)16/h4-5,8-9H,6-7H2,1-3H3,(H2,14,15,16). The molecule has 16 heavy (non-hydrogen) atoms. The Morgan fingerprint density at radius 1 is 1.44 bits per heavy atom. The Morgan fingerprint density at radius 2 is 2.12 bits per heavy atom. The second kappa shape index (κ2) is 5.94. The zero-order chi connectivity index (χ0) is 12.1. The Balaban J connectivity index is 2.70. The van der Waals surface area contributed by atoms with E-state index in [1.807, 2.05) is 0 Å². The fourth-order valence-corrected chi connectivity index (χ4v) is 1.74. The number of carbonyl (C=O) groups excluding carboxylic acids is 1. The van der Waals surface area contributed by atoms with Crippen molar-refractivity contribution < 1.29 is 4.79 Å². The lowest BCUT2D eigenvalue weighted by atomic mass is 9.96. The summed E-state index contributed by atoms with van der Waals surface area (Å²) in [5.74, 6) is 0.541. The van der Waals surface area contributed by atoms with Gasteiger partial charge in [0.05, 0.1) is 0 Å². The van der Waals surface area contributed by atoms with E-state index in [2.05, 4.69) is 56.9 Å². The molecule has 0 aliphatic carbocycles. The monoisotopic (exact) mass is 237 g/mol. The van der Waals surface area contributed by atoms with Crippen molar-refractivity contribution in [2.75, 3.05) is 6.54 Å². The van der Waals surface area contributed by atoms with Crippen molar-refractivity contribution in [2.45, 2.75) is 33.1 Å². The van der Waals surface area contributed by atoms with Crippen LogP contribution in [0.4, 0.5) is 4.79 Å². The molecule has 0 saturated heterocycles. The summed E-state index contributed by atoms with van der Waals surface area (Å²) in [5.41, 5.74) is 3.92. The average Bonchev–Trinajstić information content (AvgIpc) is 2.20. The highest BCUT2D eigenvalue weighted by atomic mass is 32.1. The molecule has 0 saturated carbocycles. The molecule has 1 aromatic carbocycles. The molecule has 2 nitrogen and oxygen atoms in total. The maximum atomic E-state index is 10.6. The highest BCUT2D eigenvalue weighted by Crippen LogP contribution is 2.18. The van der Waals surface area contributed by atoms with E-state index in [1.54, 1.807) is 0 Å². The van der Waals surface area contributed by atoms with Crippen LogP contribution in [0.5, 0.6) is 0 Å². The highest BCUT2D eigenvalue weighted by Gasteiger charge is 2.04. The van der Waals surface area contributed by atoms with Crippen molar-refractivity contribution in [2.24, 2.45) is 0 Å². The summed E-state index contributed by atoms with van der Waals surface area (Å²) in [6.07, 6.45) is 0.860. The van der Waals surface area contributed by atoms with E-state index in [4.69, 9.17) is 0 Å². The molecule has 3 heteroatoms. The molecular formula is C13H19NOS. The molecule has 1 amide bonds. The number of carbonyl (C=O) groups is 1. The van der Waals surface area contributed by atoms with Gasteiger partial charge in [-0.3, -0.25) is 4.79 Å². The molecule has 0 fully saturated rings. The second-order valence-corrected chi connectivity index (χ2v) is 4.73. The number of nitrogens with one attached hydrogen (secondary N) is 1. The molecule has 88 valence electrons. The molecule has 0 bridgehead atoms. The Bertz CT molecular complexity index is 374. The minimum absolute atomic E-state index is 0.266. The van der Waals surface area contributed by atoms with Gasteiger partial charge < -0.3 is 5.32 Å². The normalized spacial score (nSPS) is 10.6. The van der Waals surface area contributed by atoms with E-state index in [0.29, 0.717) is 12.5 Å². The van der Waals surface area contributed by atoms with Crippen molar-refractivity contribution in [1.29, 1.82) is 0 Å². The SMILES string of the molecule is Cc1ccc(C(C)C)cc1CCNC(=O)S. The van der Waals surface area contributed by atoms with E-state index in [0.717, 1.165) is 6.42 Å². The predicted octanol–water partition coefficient (Wildman–Crippen LogP) is 3.30. The molecule has 0 spiro atoms. The van der Waals surface area contributed by atoms with Gasteiger partial charge in [0.2, 0.25) is 0 Å². The summed E-state index contributed by atoms with van der Waals surface area (Å²) in [6, 6.07) is 6.54. The van der Waals surface area contributed by atoms with Crippen LogP contribution in [0.2, 0.25) is 0 Å². The van der Waals surface area contributed by atoms with Crippen LogP contribution in [0.1, 0.15) is 36.5 Å². The summed E-state index contributed by atoms with van der Waals surface area (Å²) in [7, 11) is 0. The van der Waals surface area contributed by atoms with Crippen LogP contribution in [0.25, 0.3) is 0 Å². The molecular weight excluding hydrogens is 218 g/mol. The van der Waals surface area contributed by atoms with Crippen LogP contribution in [-0.2, 0) is 6.42 Å². The van der Waals surface area contributed by atoms with Crippen LogP contribution in [-0.4, -0.2) is 11.8 Å². The van der Waals surface area contributed by atoms with E-state index in [-0.39, 0.29) is 5.24 Å².